The molecule has 0 spiro atoms. The minimum atomic E-state index is -0.272. The Morgan fingerprint density at radius 1 is 0.933 bits per heavy atom. The molecule has 7 heteroatoms. The summed E-state index contributed by atoms with van der Waals surface area (Å²) < 4.78 is 0. The van der Waals surface area contributed by atoms with Crippen LogP contribution in [0.4, 0.5) is 17.1 Å². The summed E-state index contributed by atoms with van der Waals surface area (Å²) in [4.78, 5) is 27.0. The van der Waals surface area contributed by atoms with E-state index in [4.69, 9.17) is 23.2 Å². The molecule has 2 amide bonds. The molecule has 0 aliphatic rings. The molecule has 0 aliphatic carbocycles. The largest absolute Gasteiger partial charge is 0.375 e. The molecule has 3 rings (SSSR count). The molecule has 0 bridgehead atoms. The third-order valence-corrected chi connectivity index (χ3v) is 4.96. The van der Waals surface area contributed by atoms with Crippen LogP contribution in [0.1, 0.15) is 17.3 Å². The first-order valence-electron chi connectivity index (χ1n) is 9.43. The molecule has 0 saturated carbocycles. The second-order valence-electron chi connectivity index (χ2n) is 6.49. The number of nitrogens with one attached hydrogen (secondary N) is 2. The van der Waals surface area contributed by atoms with Gasteiger partial charge in [-0.2, -0.15) is 0 Å². The molecule has 0 radical (unpaired) electrons. The molecule has 0 saturated heterocycles. The van der Waals surface area contributed by atoms with Crippen molar-refractivity contribution >= 4 is 52.1 Å². The third kappa shape index (κ3) is 5.53. The number of hydrogen-bond donors (Lipinski definition) is 2. The van der Waals surface area contributed by atoms with E-state index in [0.29, 0.717) is 33.5 Å². The molecule has 0 atom stereocenters. The summed E-state index contributed by atoms with van der Waals surface area (Å²) in [6, 6.07) is 21.3. The van der Waals surface area contributed by atoms with E-state index >= 15 is 0 Å². The van der Waals surface area contributed by atoms with Gasteiger partial charge in [0, 0.05) is 28.5 Å². The van der Waals surface area contributed by atoms with Crippen LogP contribution < -0.4 is 15.5 Å². The molecular formula is C23H21Cl2N3O2. The standard InChI is InChI=1S/C23H21Cl2N3O2/c1-2-28(19-9-4-3-5-10-19)23(30)16-7-6-8-18(13-16)27-22(29)15-26-21-14-17(24)11-12-20(21)25/h3-14,26H,2,15H2,1H3,(H,27,29). The number of nitrogens with zero attached hydrogens (tertiary/aromatic N) is 1. The molecule has 5 nitrogen and oxygen atoms in total. The topological polar surface area (TPSA) is 61.4 Å². The molecule has 0 unspecified atom stereocenters. The quantitative estimate of drug-likeness (QED) is 0.493. The van der Waals surface area contributed by atoms with Gasteiger partial charge in [0.05, 0.1) is 17.3 Å². The van der Waals surface area contributed by atoms with E-state index in [2.05, 4.69) is 10.6 Å². The van der Waals surface area contributed by atoms with Crippen molar-refractivity contribution in [3.05, 3.63) is 88.4 Å². The Morgan fingerprint density at radius 3 is 2.43 bits per heavy atom. The summed E-state index contributed by atoms with van der Waals surface area (Å²) in [5.74, 6) is -0.408. The monoisotopic (exact) mass is 441 g/mol. The lowest BCUT2D eigenvalue weighted by Crippen LogP contribution is -2.30. The highest BCUT2D eigenvalue weighted by Crippen LogP contribution is 2.25. The van der Waals surface area contributed by atoms with Crippen molar-refractivity contribution in [1.29, 1.82) is 0 Å². The van der Waals surface area contributed by atoms with Crippen molar-refractivity contribution < 1.29 is 9.59 Å². The average molecular weight is 442 g/mol. The van der Waals surface area contributed by atoms with Crippen molar-refractivity contribution in [2.24, 2.45) is 0 Å². The number of carbonyl (C=O) groups is 2. The number of halogens is 2. The van der Waals surface area contributed by atoms with Crippen LogP contribution in [0.3, 0.4) is 0 Å². The zero-order valence-corrected chi connectivity index (χ0v) is 17.9. The van der Waals surface area contributed by atoms with E-state index < -0.39 is 0 Å². The van der Waals surface area contributed by atoms with Gasteiger partial charge in [-0.3, -0.25) is 9.59 Å². The number of benzene rings is 3. The first-order valence-corrected chi connectivity index (χ1v) is 10.2. The Bertz CT molecular complexity index is 1040. The molecule has 0 aromatic heterocycles. The number of hydrogen-bond acceptors (Lipinski definition) is 3. The Kier molecular flexibility index (Phi) is 7.33. The Hall–Kier alpha value is -3.02. The van der Waals surface area contributed by atoms with E-state index in [9.17, 15) is 9.59 Å². The molecule has 2 N–H and O–H groups in total. The lowest BCUT2D eigenvalue weighted by atomic mass is 10.1. The second-order valence-corrected chi connectivity index (χ2v) is 7.34. The minimum absolute atomic E-state index is 0.00331. The van der Waals surface area contributed by atoms with Gasteiger partial charge in [-0.25, -0.2) is 0 Å². The molecule has 3 aromatic carbocycles. The van der Waals surface area contributed by atoms with E-state index in [-0.39, 0.29) is 18.4 Å². The fourth-order valence-electron chi connectivity index (χ4n) is 2.95. The highest BCUT2D eigenvalue weighted by Gasteiger charge is 2.16. The summed E-state index contributed by atoms with van der Waals surface area (Å²) in [5.41, 5.74) is 2.42. The maximum atomic E-state index is 13.0. The summed E-state index contributed by atoms with van der Waals surface area (Å²) in [6.45, 7) is 2.45. The van der Waals surface area contributed by atoms with Crippen LogP contribution in [0.25, 0.3) is 0 Å². The Balaban J connectivity index is 1.66. The Morgan fingerprint density at radius 2 is 1.70 bits per heavy atom. The minimum Gasteiger partial charge on any atom is -0.375 e. The van der Waals surface area contributed by atoms with Gasteiger partial charge in [0.2, 0.25) is 5.91 Å². The van der Waals surface area contributed by atoms with Crippen molar-refractivity contribution in [3.8, 4) is 0 Å². The van der Waals surface area contributed by atoms with Crippen molar-refractivity contribution in [1.82, 2.24) is 0 Å². The fraction of sp³-hybridized carbons (Fsp3) is 0.130. The van der Waals surface area contributed by atoms with Gasteiger partial charge < -0.3 is 15.5 Å². The SMILES string of the molecule is CCN(C(=O)c1cccc(NC(=O)CNc2cc(Cl)ccc2Cl)c1)c1ccccc1. The van der Waals surface area contributed by atoms with Crippen LogP contribution in [0.2, 0.25) is 10.0 Å². The van der Waals surface area contributed by atoms with Crippen LogP contribution in [0.5, 0.6) is 0 Å². The summed E-state index contributed by atoms with van der Waals surface area (Å²) in [7, 11) is 0. The van der Waals surface area contributed by atoms with E-state index in [1.165, 1.54) is 0 Å². The van der Waals surface area contributed by atoms with Crippen LogP contribution in [-0.2, 0) is 4.79 Å². The van der Waals surface area contributed by atoms with Crippen LogP contribution >= 0.6 is 23.2 Å². The number of rotatable bonds is 7. The highest BCUT2D eigenvalue weighted by atomic mass is 35.5. The number of para-hydroxylation sites is 1. The lowest BCUT2D eigenvalue weighted by Gasteiger charge is -2.21. The summed E-state index contributed by atoms with van der Waals surface area (Å²) >= 11 is 12.0. The smallest absolute Gasteiger partial charge is 0.258 e. The molecule has 0 aliphatic heterocycles. The van der Waals surface area contributed by atoms with E-state index in [1.807, 2.05) is 37.3 Å². The molecular weight excluding hydrogens is 421 g/mol. The fourth-order valence-corrected chi connectivity index (χ4v) is 3.31. The van der Waals surface area contributed by atoms with Gasteiger partial charge in [-0.05, 0) is 55.5 Å². The van der Waals surface area contributed by atoms with Gasteiger partial charge in [0.25, 0.3) is 5.91 Å². The number of anilines is 3. The maximum absolute atomic E-state index is 13.0. The molecule has 30 heavy (non-hydrogen) atoms. The molecule has 154 valence electrons. The zero-order chi connectivity index (χ0) is 21.5. The highest BCUT2D eigenvalue weighted by molar-refractivity contribution is 6.35. The van der Waals surface area contributed by atoms with E-state index in [1.54, 1.807) is 47.4 Å². The molecule has 0 fully saturated rings. The predicted molar refractivity (Wildman–Crippen MR) is 124 cm³/mol. The predicted octanol–water partition coefficient (Wildman–Crippen LogP) is 5.71. The number of amides is 2. The second kappa shape index (κ2) is 10.1. The van der Waals surface area contributed by atoms with Crippen LogP contribution in [0, 0.1) is 0 Å². The number of carbonyl (C=O) groups excluding carboxylic acids is 2. The van der Waals surface area contributed by atoms with Gasteiger partial charge in [0.15, 0.2) is 0 Å². The van der Waals surface area contributed by atoms with Gasteiger partial charge in [0.1, 0.15) is 0 Å². The van der Waals surface area contributed by atoms with Crippen LogP contribution in [0.15, 0.2) is 72.8 Å². The van der Waals surface area contributed by atoms with Crippen molar-refractivity contribution in [2.75, 3.05) is 28.6 Å². The zero-order valence-electron chi connectivity index (χ0n) is 16.4. The van der Waals surface area contributed by atoms with Gasteiger partial charge in [-0.15, -0.1) is 0 Å². The van der Waals surface area contributed by atoms with Crippen LogP contribution in [-0.4, -0.2) is 24.9 Å². The molecule has 0 heterocycles. The average Bonchev–Trinajstić information content (AvgIpc) is 2.76. The van der Waals surface area contributed by atoms with Gasteiger partial charge >= 0.3 is 0 Å². The van der Waals surface area contributed by atoms with Gasteiger partial charge in [-0.1, -0.05) is 47.5 Å². The third-order valence-electron chi connectivity index (χ3n) is 4.39. The Labute approximate surface area is 185 Å². The lowest BCUT2D eigenvalue weighted by molar-refractivity contribution is -0.114. The molecule has 3 aromatic rings. The first-order chi connectivity index (χ1) is 14.5. The van der Waals surface area contributed by atoms with Crippen molar-refractivity contribution in [2.45, 2.75) is 6.92 Å². The summed E-state index contributed by atoms with van der Waals surface area (Å²) in [5, 5.41) is 6.74. The van der Waals surface area contributed by atoms with Crippen molar-refractivity contribution in [3.63, 3.8) is 0 Å². The van der Waals surface area contributed by atoms with E-state index in [0.717, 1.165) is 5.69 Å². The first kappa shape index (κ1) is 21.7. The normalized spacial score (nSPS) is 10.4. The summed E-state index contributed by atoms with van der Waals surface area (Å²) in [6.07, 6.45) is 0. The maximum Gasteiger partial charge on any atom is 0.258 e.